The van der Waals surface area contributed by atoms with E-state index in [1.54, 1.807) is 0 Å². The van der Waals surface area contributed by atoms with Crippen molar-refractivity contribution in [3.05, 3.63) is 53.8 Å². The molecular formula is C16H18N2S2. The van der Waals surface area contributed by atoms with Crippen molar-refractivity contribution in [2.75, 3.05) is 0 Å². The summed E-state index contributed by atoms with van der Waals surface area (Å²) in [6, 6.07) is 0. The summed E-state index contributed by atoms with van der Waals surface area (Å²) in [7, 11) is 0. The quantitative estimate of drug-likeness (QED) is 0.319. The number of thiol groups is 2. The van der Waals surface area contributed by atoms with Gasteiger partial charge in [0.25, 0.3) is 0 Å². The van der Waals surface area contributed by atoms with Crippen LogP contribution in [0.2, 0.25) is 0 Å². The van der Waals surface area contributed by atoms with Gasteiger partial charge in [0, 0.05) is 11.5 Å². The molecular weight excluding hydrogens is 284 g/mol. The Labute approximate surface area is 131 Å². The average Bonchev–Trinajstić information content (AvgIpc) is 2.41. The molecule has 1 aromatic rings. The second kappa shape index (κ2) is 6.46. The number of nitrogens with zero attached hydrogens (tertiary/aromatic N) is 2. The molecule has 2 nitrogen and oxygen atoms in total. The summed E-state index contributed by atoms with van der Waals surface area (Å²) in [6.07, 6.45) is 12.4. The number of fused-ring (bicyclic) bond motifs is 1. The van der Waals surface area contributed by atoms with Crippen LogP contribution in [0, 0.1) is 5.92 Å². The monoisotopic (exact) mass is 302 g/mol. The fourth-order valence-electron chi connectivity index (χ4n) is 1.99. The zero-order chi connectivity index (χ0) is 14.7. The fraction of sp³-hybridized carbons (Fsp3) is 0.250. The van der Waals surface area contributed by atoms with E-state index in [2.05, 4.69) is 73.9 Å². The fourth-order valence-corrected chi connectivity index (χ4v) is 2.56. The third-order valence-corrected chi connectivity index (χ3v) is 3.70. The molecule has 0 amide bonds. The highest BCUT2D eigenvalue weighted by Crippen LogP contribution is 2.27. The minimum Gasteiger partial charge on any atom is -0.227 e. The van der Waals surface area contributed by atoms with Crippen LogP contribution >= 0.6 is 25.3 Å². The number of hydrogen-bond donors (Lipinski definition) is 2. The molecule has 0 spiro atoms. The van der Waals surface area contributed by atoms with Gasteiger partial charge in [0.05, 0.1) is 5.69 Å². The lowest BCUT2D eigenvalue weighted by atomic mass is 10.0. The minimum atomic E-state index is 0.177. The SMILES string of the molecule is C=C1/C=C\c2c(S)nc(S)nc2C(C)/C=C\C(C)/C=C\1. The van der Waals surface area contributed by atoms with Gasteiger partial charge < -0.3 is 0 Å². The summed E-state index contributed by atoms with van der Waals surface area (Å²) >= 11 is 8.69. The second-order valence-electron chi connectivity index (χ2n) is 4.95. The molecule has 2 atom stereocenters. The van der Waals surface area contributed by atoms with Gasteiger partial charge in [-0.2, -0.15) is 0 Å². The van der Waals surface area contributed by atoms with Crippen molar-refractivity contribution in [2.45, 2.75) is 29.9 Å². The first-order valence-corrected chi connectivity index (χ1v) is 7.40. The summed E-state index contributed by atoms with van der Waals surface area (Å²) in [5.41, 5.74) is 2.80. The Bertz CT molecular complexity index is 615. The molecule has 20 heavy (non-hydrogen) atoms. The third kappa shape index (κ3) is 3.64. The number of hydrogen-bond acceptors (Lipinski definition) is 4. The van der Waals surface area contributed by atoms with Crippen molar-refractivity contribution in [2.24, 2.45) is 5.92 Å². The zero-order valence-corrected chi connectivity index (χ0v) is 13.4. The van der Waals surface area contributed by atoms with Crippen molar-refractivity contribution in [1.82, 2.24) is 9.97 Å². The molecule has 0 aliphatic heterocycles. The largest absolute Gasteiger partial charge is 0.227 e. The highest BCUT2D eigenvalue weighted by Gasteiger charge is 2.14. The van der Waals surface area contributed by atoms with Crippen LogP contribution in [-0.2, 0) is 0 Å². The van der Waals surface area contributed by atoms with E-state index >= 15 is 0 Å². The van der Waals surface area contributed by atoms with Gasteiger partial charge in [0.15, 0.2) is 5.16 Å². The maximum Gasteiger partial charge on any atom is 0.185 e. The highest BCUT2D eigenvalue weighted by molar-refractivity contribution is 7.80. The van der Waals surface area contributed by atoms with E-state index in [-0.39, 0.29) is 5.92 Å². The van der Waals surface area contributed by atoms with E-state index in [4.69, 9.17) is 0 Å². The Kier molecular flexibility index (Phi) is 4.89. The van der Waals surface area contributed by atoms with Crippen molar-refractivity contribution in [3.63, 3.8) is 0 Å². The van der Waals surface area contributed by atoms with Crippen LogP contribution in [0.5, 0.6) is 0 Å². The van der Waals surface area contributed by atoms with Crippen molar-refractivity contribution < 1.29 is 0 Å². The standard InChI is InChI=1S/C16H18N2S2/c1-10-4-5-11(2)7-9-13-14(12(3)8-6-10)17-16(20)18-15(13)19/h4-10,12H,2H2,1,3H3,(H2,17,18,19,20)/b5-4-,8-6-,9-7-. The normalized spacial score (nSPS) is 27.3. The van der Waals surface area contributed by atoms with Crippen LogP contribution in [0.3, 0.4) is 0 Å². The van der Waals surface area contributed by atoms with Gasteiger partial charge in [0.1, 0.15) is 5.03 Å². The summed E-state index contributed by atoms with van der Waals surface area (Å²) in [6.45, 7) is 8.27. The average molecular weight is 302 g/mol. The van der Waals surface area contributed by atoms with Gasteiger partial charge in [-0.15, -0.1) is 25.3 Å². The number of rotatable bonds is 0. The van der Waals surface area contributed by atoms with Gasteiger partial charge in [0.2, 0.25) is 0 Å². The van der Waals surface area contributed by atoms with Gasteiger partial charge in [-0.3, -0.25) is 0 Å². The van der Waals surface area contributed by atoms with Crippen molar-refractivity contribution >= 4 is 31.3 Å². The van der Waals surface area contributed by atoms with Gasteiger partial charge in [-0.25, -0.2) is 9.97 Å². The van der Waals surface area contributed by atoms with Crippen LogP contribution in [0.15, 0.2) is 52.7 Å². The molecule has 4 heteroatoms. The Morgan fingerprint density at radius 1 is 1.00 bits per heavy atom. The summed E-state index contributed by atoms with van der Waals surface area (Å²) in [4.78, 5) is 8.67. The van der Waals surface area contributed by atoms with Gasteiger partial charge >= 0.3 is 0 Å². The zero-order valence-electron chi connectivity index (χ0n) is 11.6. The maximum absolute atomic E-state index is 4.46. The first-order chi connectivity index (χ1) is 9.47. The lowest BCUT2D eigenvalue weighted by Gasteiger charge is -2.12. The van der Waals surface area contributed by atoms with Crippen molar-refractivity contribution in [1.29, 1.82) is 0 Å². The van der Waals surface area contributed by atoms with Crippen LogP contribution in [-0.4, -0.2) is 9.97 Å². The molecule has 1 aliphatic rings. The molecule has 2 rings (SSSR count). The first-order valence-electron chi connectivity index (χ1n) is 6.50. The Balaban J connectivity index is 2.59. The van der Waals surface area contributed by atoms with Gasteiger partial charge in [-0.1, -0.05) is 50.8 Å². The lowest BCUT2D eigenvalue weighted by Crippen LogP contribution is -2.02. The summed E-state index contributed by atoms with van der Waals surface area (Å²) < 4.78 is 0. The molecule has 1 aliphatic carbocycles. The summed E-state index contributed by atoms with van der Waals surface area (Å²) in [5.74, 6) is 0.536. The topological polar surface area (TPSA) is 25.8 Å². The third-order valence-electron chi connectivity index (χ3n) is 3.16. The molecule has 104 valence electrons. The van der Waals surface area contributed by atoms with E-state index in [9.17, 15) is 0 Å². The van der Waals surface area contributed by atoms with E-state index in [0.29, 0.717) is 16.1 Å². The molecule has 0 fully saturated rings. The van der Waals surface area contributed by atoms with Gasteiger partial charge in [-0.05, 0) is 17.6 Å². The van der Waals surface area contributed by atoms with E-state index in [1.807, 2.05) is 18.2 Å². The molecule has 0 saturated heterocycles. The maximum atomic E-state index is 4.46. The lowest BCUT2D eigenvalue weighted by molar-refractivity contribution is 0.787. The summed E-state index contributed by atoms with van der Waals surface area (Å²) in [5, 5.41) is 1.09. The molecule has 0 saturated carbocycles. The highest BCUT2D eigenvalue weighted by atomic mass is 32.1. The number of allylic oxidation sites excluding steroid dienone is 6. The predicted octanol–water partition coefficient (Wildman–Crippen LogP) is 4.49. The molecule has 0 bridgehead atoms. The molecule has 0 radical (unpaired) electrons. The Morgan fingerprint density at radius 2 is 1.75 bits per heavy atom. The number of aromatic nitrogens is 2. The predicted molar refractivity (Wildman–Crippen MR) is 90.6 cm³/mol. The van der Waals surface area contributed by atoms with Crippen LogP contribution in [0.1, 0.15) is 31.0 Å². The second-order valence-corrected chi connectivity index (χ2v) is 5.77. The minimum absolute atomic E-state index is 0.177. The van der Waals surface area contributed by atoms with Crippen LogP contribution in [0.25, 0.3) is 6.08 Å². The Hall–Kier alpha value is -1.26. The molecule has 0 N–H and O–H groups in total. The molecule has 1 aromatic heterocycles. The smallest absolute Gasteiger partial charge is 0.185 e. The van der Waals surface area contributed by atoms with Crippen LogP contribution in [0.4, 0.5) is 0 Å². The van der Waals surface area contributed by atoms with E-state index in [0.717, 1.165) is 16.8 Å². The van der Waals surface area contributed by atoms with E-state index < -0.39 is 0 Å². The van der Waals surface area contributed by atoms with Crippen molar-refractivity contribution in [3.8, 4) is 0 Å². The molecule has 0 aromatic carbocycles. The van der Waals surface area contributed by atoms with E-state index in [1.165, 1.54) is 0 Å². The first kappa shape index (κ1) is 15.1. The molecule has 2 unspecified atom stereocenters. The van der Waals surface area contributed by atoms with Crippen LogP contribution < -0.4 is 0 Å². The molecule has 1 heterocycles. The Morgan fingerprint density at radius 3 is 2.50 bits per heavy atom.